The highest BCUT2D eigenvalue weighted by Crippen LogP contribution is 2.26. The molecular formula is C21H29N3O4S. The zero-order valence-electron chi connectivity index (χ0n) is 16.8. The Labute approximate surface area is 175 Å². The zero-order valence-corrected chi connectivity index (χ0v) is 17.6. The highest BCUT2D eigenvalue weighted by atomic mass is 32.1. The van der Waals surface area contributed by atoms with Crippen LogP contribution in [0.3, 0.4) is 0 Å². The second-order valence-corrected chi connectivity index (χ2v) is 9.05. The van der Waals surface area contributed by atoms with Gasteiger partial charge in [-0.25, -0.2) is 0 Å². The van der Waals surface area contributed by atoms with Crippen molar-refractivity contribution < 1.29 is 19.1 Å². The minimum atomic E-state index is -0.0914. The number of likely N-dealkylation sites (tertiary alicyclic amines) is 2. The molecule has 1 aromatic rings. The summed E-state index contributed by atoms with van der Waals surface area (Å²) in [6.45, 7) is 5.02. The number of piperidine rings is 2. The summed E-state index contributed by atoms with van der Waals surface area (Å²) >= 11 is 1.46. The van der Waals surface area contributed by atoms with Crippen LogP contribution in [0.15, 0.2) is 17.5 Å². The first-order valence-corrected chi connectivity index (χ1v) is 11.5. The largest absolute Gasteiger partial charge is 0.378 e. The van der Waals surface area contributed by atoms with E-state index in [-0.39, 0.29) is 29.6 Å². The fourth-order valence-electron chi connectivity index (χ4n) is 4.56. The number of carbonyl (C=O) groups excluding carboxylic acids is 3. The Morgan fingerprint density at radius 1 is 0.862 bits per heavy atom. The van der Waals surface area contributed by atoms with Gasteiger partial charge in [0.1, 0.15) is 0 Å². The van der Waals surface area contributed by atoms with Crippen LogP contribution < -0.4 is 0 Å². The molecule has 1 atom stereocenters. The number of morpholine rings is 1. The van der Waals surface area contributed by atoms with Crippen LogP contribution in [-0.2, 0) is 14.3 Å². The Morgan fingerprint density at radius 2 is 1.59 bits per heavy atom. The number of thiophene rings is 1. The summed E-state index contributed by atoms with van der Waals surface area (Å²) in [7, 11) is 0. The Hall–Kier alpha value is -1.93. The molecular weight excluding hydrogens is 390 g/mol. The number of hydrogen-bond acceptors (Lipinski definition) is 5. The predicted octanol–water partition coefficient (Wildman–Crippen LogP) is 1.70. The third-order valence-electron chi connectivity index (χ3n) is 6.27. The molecule has 1 unspecified atom stereocenters. The highest BCUT2D eigenvalue weighted by molar-refractivity contribution is 7.12. The van der Waals surface area contributed by atoms with Gasteiger partial charge < -0.3 is 19.4 Å². The molecule has 4 heterocycles. The minimum absolute atomic E-state index is 0.0420. The van der Waals surface area contributed by atoms with Gasteiger partial charge in [-0.3, -0.25) is 14.4 Å². The molecule has 3 aliphatic heterocycles. The maximum absolute atomic E-state index is 13.1. The standard InChI is InChI=1S/C21H29N3O4S/c25-19(16-5-8-22(9-6-16)21(27)18-4-2-14-29-18)24-7-1-3-17(15-24)20(26)23-10-12-28-13-11-23/h2,4,14,16-17H,1,3,5-13,15H2. The summed E-state index contributed by atoms with van der Waals surface area (Å²) in [4.78, 5) is 44.8. The van der Waals surface area contributed by atoms with Gasteiger partial charge in [-0.2, -0.15) is 0 Å². The van der Waals surface area contributed by atoms with Gasteiger partial charge in [-0.1, -0.05) is 6.07 Å². The summed E-state index contributed by atoms with van der Waals surface area (Å²) in [5.41, 5.74) is 0. The highest BCUT2D eigenvalue weighted by Gasteiger charge is 2.35. The van der Waals surface area contributed by atoms with Gasteiger partial charge in [0.05, 0.1) is 24.0 Å². The molecule has 3 amide bonds. The number of carbonyl (C=O) groups is 3. The number of rotatable bonds is 3. The molecule has 8 heteroatoms. The predicted molar refractivity (Wildman–Crippen MR) is 110 cm³/mol. The molecule has 0 saturated carbocycles. The molecule has 0 aliphatic carbocycles. The summed E-state index contributed by atoms with van der Waals surface area (Å²) in [5.74, 6) is 0.265. The summed E-state index contributed by atoms with van der Waals surface area (Å²) in [6.07, 6.45) is 3.14. The molecule has 158 valence electrons. The SMILES string of the molecule is O=C(c1cccs1)N1CCC(C(=O)N2CCCC(C(=O)N3CCOCC3)C2)CC1. The van der Waals surface area contributed by atoms with E-state index < -0.39 is 0 Å². The molecule has 0 radical (unpaired) electrons. The lowest BCUT2D eigenvalue weighted by molar-refractivity contribution is -0.145. The van der Waals surface area contributed by atoms with Crippen molar-refractivity contribution in [1.29, 1.82) is 0 Å². The van der Waals surface area contributed by atoms with Crippen LogP contribution >= 0.6 is 11.3 Å². The molecule has 3 saturated heterocycles. The Kier molecular flexibility index (Phi) is 6.50. The van der Waals surface area contributed by atoms with Crippen LogP contribution in [0.25, 0.3) is 0 Å². The van der Waals surface area contributed by atoms with E-state index in [2.05, 4.69) is 0 Å². The Morgan fingerprint density at radius 3 is 2.28 bits per heavy atom. The van der Waals surface area contributed by atoms with Crippen molar-refractivity contribution in [3.8, 4) is 0 Å². The molecule has 0 spiro atoms. The number of ether oxygens (including phenoxy) is 1. The molecule has 7 nitrogen and oxygen atoms in total. The summed E-state index contributed by atoms with van der Waals surface area (Å²) in [5, 5.41) is 1.91. The average molecular weight is 420 g/mol. The monoisotopic (exact) mass is 419 g/mol. The number of hydrogen-bond donors (Lipinski definition) is 0. The van der Waals surface area contributed by atoms with Crippen LogP contribution in [0.4, 0.5) is 0 Å². The first-order valence-electron chi connectivity index (χ1n) is 10.6. The van der Waals surface area contributed by atoms with Gasteiger partial charge in [-0.15, -0.1) is 11.3 Å². The normalized spacial score (nSPS) is 23.9. The van der Waals surface area contributed by atoms with E-state index in [9.17, 15) is 14.4 Å². The van der Waals surface area contributed by atoms with Crippen molar-refractivity contribution in [1.82, 2.24) is 14.7 Å². The second-order valence-electron chi connectivity index (χ2n) is 8.10. The van der Waals surface area contributed by atoms with Gasteiger partial charge in [0.15, 0.2) is 0 Å². The topological polar surface area (TPSA) is 70.2 Å². The second kappa shape index (κ2) is 9.26. The molecule has 0 bridgehead atoms. The molecule has 0 N–H and O–H groups in total. The fourth-order valence-corrected chi connectivity index (χ4v) is 5.26. The van der Waals surface area contributed by atoms with Crippen molar-refractivity contribution in [2.75, 3.05) is 52.5 Å². The van der Waals surface area contributed by atoms with E-state index in [1.807, 2.05) is 32.2 Å². The lowest BCUT2D eigenvalue weighted by Gasteiger charge is -2.39. The molecule has 1 aromatic heterocycles. The molecule has 4 rings (SSSR count). The fraction of sp³-hybridized carbons (Fsp3) is 0.667. The van der Waals surface area contributed by atoms with E-state index in [1.54, 1.807) is 0 Å². The maximum Gasteiger partial charge on any atom is 0.263 e. The average Bonchev–Trinajstić information content (AvgIpc) is 3.33. The third kappa shape index (κ3) is 4.64. The van der Waals surface area contributed by atoms with Crippen molar-refractivity contribution in [2.45, 2.75) is 25.7 Å². The molecule has 3 fully saturated rings. The van der Waals surface area contributed by atoms with Gasteiger partial charge in [0.25, 0.3) is 5.91 Å². The van der Waals surface area contributed by atoms with E-state index in [0.717, 1.165) is 24.3 Å². The van der Waals surface area contributed by atoms with Gasteiger partial charge in [0.2, 0.25) is 11.8 Å². The quantitative estimate of drug-likeness (QED) is 0.748. The van der Waals surface area contributed by atoms with Crippen LogP contribution in [0.1, 0.15) is 35.4 Å². The minimum Gasteiger partial charge on any atom is -0.378 e. The van der Waals surface area contributed by atoms with Crippen LogP contribution in [0.2, 0.25) is 0 Å². The Bertz CT molecular complexity index is 724. The van der Waals surface area contributed by atoms with Gasteiger partial charge >= 0.3 is 0 Å². The zero-order chi connectivity index (χ0) is 20.2. The number of nitrogens with zero attached hydrogens (tertiary/aromatic N) is 3. The third-order valence-corrected chi connectivity index (χ3v) is 7.13. The maximum atomic E-state index is 13.1. The summed E-state index contributed by atoms with van der Waals surface area (Å²) < 4.78 is 5.34. The van der Waals surface area contributed by atoms with E-state index in [0.29, 0.717) is 58.8 Å². The van der Waals surface area contributed by atoms with E-state index in [4.69, 9.17) is 4.74 Å². The summed E-state index contributed by atoms with van der Waals surface area (Å²) in [6, 6.07) is 3.74. The van der Waals surface area contributed by atoms with Crippen LogP contribution in [0.5, 0.6) is 0 Å². The van der Waals surface area contributed by atoms with Crippen LogP contribution in [-0.4, -0.2) is 84.9 Å². The lowest BCUT2D eigenvalue weighted by Crippen LogP contribution is -2.51. The van der Waals surface area contributed by atoms with Crippen LogP contribution in [0, 0.1) is 11.8 Å². The Balaban J connectivity index is 1.29. The van der Waals surface area contributed by atoms with Gasteiger partial charge in [-0.05, 0) is 37.1 Å². The van der Waals surface area contributed by atoms with Crippen molar-refractivity contribution in [3.63, 3.8) is 0 Å². The van der Waals surface area contributed by atoms with Crippen molar-refractivity contribution in [3.05, 3.63) is 22.4 Å². The molecule has 3 aliphatic rings. The molecule has 29 heavy (non-hydrogen) atoms. The van der Waals surface area contributed by atoms with Gasteiger partial charge in [0, 0.05) is 45.2 Å². The first kappa shape index (κ1) is 20.3. The number of amides is 3. The van der Waals surface area contributed by atoms with Crippen molar-refractivity contribution >= 4 is 29.1 Å². The van der Waals surface area contributed by atoms with E-state index >= 15 is 0 Å². The lowest BCUT2D eigenvalue weighted by atomic mass is 9.91. The smallest absolute Gasteiger partial charge is 0.263 e. The van der Waals surface area contributed by atoms with Crippen molar-refractivity contribution in [2.24, 2.45) is 11.8 Å². The molecule has 0 aromatic carbocycles. The first-order chi connectivity index (χ1) is 14.1. The van der Waals surface area contributed by atoms with E-state index in [1.165, 1.54) is 11.3 Å².